The lowest BCUT2D eigenvalue weighted by molar-refractivity contribution is -0.123. The Morgan fingerprint density at radius 1 is 1.26 bits per heavy atom. The van der Waals surface area contributed by atoms with Crippen molar-refractivity contribution < 1.29 is 4.79 Å². The Morgan fingerprint density at radius 2 is 1.96 bits per heavy atom. The van der Waals surface area contributed by atoms with Gasteiger partial charge in [-0.15, -0.1) is 12.4 Å². The minimum atomic E-state index is -0.628. The van der Waals surface area contributed by atoms with Crippen LogP contribution in [0.25, 0.3) is 0 Å². The molecular weight excluding hydrogens is 376 g/mol. The van der Waals surface area contributed by atoms with Gasteiger partial charge in [-0.05, 0) is 42.5 Å². The second-order valence-electron chi connectivity index (χ2n) is 5.80. The minimum absolute atomic E-state index is 0. The number of amides is 1. The monoisotopic (exact) mass is 394 g/mol. The van der Waals surface area contributed by atoms with E-state index in [0.29, 0.717) is 0 Å². The van der Waals surface area contributed by atoms with Crippen LogP contribution in [0.1, 0.15) is 40.8 Å². The van der Waals surface area contributed by atoms with Gasteiger partial charge in [0.05, 0.1) is 6.04 Å². The number of halogens is 2. The maximum absolute atomic E-state index is 12.4. The Morgan fingerprint density at radius 3 is 2.65 bits per heavy atom. The van der Waals surface area contributed by atoms with Crippen molar-refractivity contribution in [2.45, 2.75) is 31.8 Å². The third kappa shape index (κ3) is 3.77. The van der Waals surface area contributed by atoms with Crippen LogP contribution in [0.2, 0.25) is 0 Å². The molecule has 23 heavy (non-hydrogen) atoms. The molecule has 0 bridgehead atoms. The third-order valence-corrected chi connectivity index (χ3v) is 4.99. The molecule has 0 aromatic heterocycles. The molecule has 5 heteroatoms. The quantitative estimate of drug-likeness (QED) is 0.826. The lowest BCUT2D eigenvalue weighted by atomic mass is 10.0. The van der Waals surface area contributed by atoms with Gasteiger partial charge >= 0.3 is 0 Å². The highest BCUT2D eigenvalue weighted by Crippen LogP contribution is 2.35. The first-order chi connectivity index (χ1) is 10.6. The van der Waals surface area contributed by atoms with Gasteiger partial charge in [0.25, 0.3) is 0 Å². The molecule has 1 amide bonds. The van der Waals surface area contributed by atoms with Crippen LogP contribution in [-0.2, 0) is 11.2 Å². The molecule has 2 atom stereocenters. The van der Waals surface area contributed by atoms with Crippen molar-refractivity contribution in [3.05, 3.63) is 69.2 Å². The Labute approximate surface area is 151 Å². The number of benzene rings is 2. The van der Waals surface area contributed by atoms with Gasteiger partial charge < -0.3 is 11.1 Å². The first kappa shape index (κ1) is 18.0. The summed E-state index contributed by atoms with van der Waals surface area (Å²) in [5, 5.41) is 3.09. The summed E-state index contributed by atoms with van der Waals surface area (Å²) in [6.07, 6.45) is 1.89. The summed E-state index contributed by atoms with van der Waals surface area (Å²) in [7, 11) is 0. The molecule has 0 saturated carbocycles. The number of hydrogen-bond acceptors (Lipinski definition) is 2. The molecule has 3 N–H and O–H groups in total. The summed E-state index contributed by atoms with van der Waals surface area (Å²) < 4.78 is 1.12. The summed E-state index contributed by atoms with van der Waals surface area (Å²) in [5.41, 5.74) is 10.6. The van der Waals surface area contributed by atoms with Crippen LogP contribution < -0.4 is 11.1 Å². The number of carbonyl (C=O) groups is 1. The van der Waals surface area contributed by atoms with Gasteiger partial charge in [0.1, 0.15) is 6.04 Å². The highest BCUT2D eigenvalue weighted by Gasteiger charge is 2.27. The van der Waals surface area contributed by atoms with Crippen LogP contribution in [-0.4, -0.2) is 5.91 Å². The molecule has 3 nitrogen and oxygen atoms in total. The first-order valence-corrected chi connectivity index (χ1v) is 8.25. The van der Waals surface area contributed by atoms with Gasteiger partial charge in [-0.1, -0.05) is 57.9 Å². The normalized spacial score (nSPS) is 17.1. The fourth-order valence-electron chi connectivity index (χ4n) is 2.95. The van der Waals surface area contributed by atoms with E-state index in [2.05, 4.69) is 27.3 Å². The number of nitrogens with one attached hydrogen (secondary N) is 1. The second kappa shape index (κ2) is 7.47. The molecule has 0 saturated heterocycles. The van der Waals surface area contributed by atoms with E-state index < -0.39 is 6.04 Å². The summed E-state index contributed by atoms with van der Waals surface area (Å²) in [4.78, 5) is 12.4. The highest BCUT2D eigenvalue weighted by molar-refractivity contribution is 9.10. The largest absolute Gasteiger partial charge is 0.348 e. The average Bonchev–Trinajstić information content (AvgIpc) is 2.92. The lowest BCUT2D eigenvalue weighted by Crippen LogP contribution is -2.36. The van der Waals surface area contributed by atoms with E-state index in [1.165, 1.54) is 11.1 Å². The van der Waals surface area contributed by atoms with E-state index in [-0.39, 0.29) is 24.4 Å². The number of carbonyl (C=O) groups excluding carboxylic acids is 1. The number of aryl methyl sites for hydroxylation is 1. The van der Waals surface area contributed by atoms with E-state index >= 15 is 0 Å². The summed E-state index contributed by atoms with van der Waals surface area (Å²) in [6.45, 7) is 2.02. The first-order valence-electron chi connectivity index (χ1n) is 7.46. The molecule has 2 aromatic carbocycles. The fraction of sp³-hybridized carbons (Fsp3) is 0.278. The van der Waals surface area contributed by atoms with Gasteiger partial charge in [0.2, 0.25) is 5.91 Å². The second-order valence-corrected chi connectivity index (χ2v) is 6.65. The summed E-state index contributed by atoms with van der Waals surface area (Å²) in [6, 6.07) is 13.3. The van der Waals surface area contributed by atoms with Crippen molar-refractivity contribution in [1.29, 1.82) is 0 Å². The van der Waals surface area contributed by atoms with Crippen molar-refractivity contribution in [3.8, 4) is 0 Å². The molecule has 0 aliphatic heterocycles. The molecular formula is C18H20BrClN2O. The van der Waals surface area contributed by atoms with Crippen molar-refractivity contribution in [3.63, 3.8) is 0 Å². The van der Waals surface area contributed by atoms with Crippen molar-refractivity contribution >= 4 is 34.2 Å². The number of fused-ring (bicyclic) bond motifs is 1. The molecule has 0 spiro atoms. The van der Waals surface area contributed by atoms with Crippen molar-refractivity contribution in [1.82, 2.24) is 5.32 Å². The number of rotatable bonds is 3. The summed E-state index contributed by atoms with van der Waals surface area (Å²) >= 11 is 3.58. The predicted octanol–water partition coefficient (Wildman–Crippen LogP) is 3.98. The van der Waals surface area contributed by atoms with Crippen LogP contribution in [0, 0.1) is 6.92 Å². The zero-order valence-electron chi connectivity index (χ0n) is 12.9. The number of nitrogens with two attached hydrogens (primary N) is 1. The summed E-state index contributed by atoms with van der Waals surface area (Å²) in [5.74, 6) is -0.123. The molecule has 122 valence electrons. The van der Waals surface area contributed by atoms with Crippen LogP contribution in [0.5, 0.6) is 0 Å². The van der Waals surface area contributed by atoms with E-state index in [0.717, 1.165) is 28.4 Å². The van der Waals surface area contributed by atoms with Crippen molar-refractivity contribution in [2.75, 3.05) is 0 Å². The van der Waals surface area contributed by atoms with E-state index in [9.17, 15) is 4.79 Å². The van der Waals surface area contributed by atoms with Crippen LogP contribution in [0.4, 0.5) is 0 Å². The molecule has 2 unspecified atom stereocenters. The maximum atomic E-state index is 12.4. The average molecular weight is 396 g/mol. The fourth-order valence-corrected chi connectivity index (χ4v) is 3.53. The van der Waals surface area contributed by atoms with E-state index in [4.69, 9.17) is 5.73 Å². The lowest BCUT2D eigenvalue weighted by Gasteiger charge is -2.18. The molecule has 0 heterocycles. The van der Waals surface area contributed by atoms with E-state index in [1.807, 2.05) is 43.3 Å². The Balaban J connectivity index is 0.00000192. The maximum Gasteiger partial charge on any atom is 0.241 e. The molecule has 1 aliphatic carbocycles. The molecule has 1 aliphatic rings. The predicted molar refractivity (Wildman–Crippen MR) is 98.7 cm³/mol. The Bertz CT molecular complexity index is 703. The molecule has 2 aromatic rings. The van der Waals surface area contributed by atoms with Gasteiger partial charge in [0.15, 0.2) is 0 Å². The van der Waals surface area contributed by atoms with Crippen molar-refractivity contribution in [2.24, 2.45) is 5.73 Å². The minimum Gasteiger partial charge on any atom is -0.348 e. The van der Waals surface area contributed by atoms with Gasteiger partial charge in [0, 0.05) is 4.47 Å². The molecule has 0 radical (unpaired) electrons. The standard InChI is InChI=1S/C18H19BrN2O.ClH/c1-11-5-7-12(8-6-11)17(20)18(22)21-16-10-9-13-14(16)3-2-4-15(13)19;/h2-8,16-17H,9-10,20H2,1H3,(H,21,22);1H. The van der Waals surface area contributed by atoms with Gasteiger partial charge in [-0.3, -0.25) is 4.79 Å². The number of hydrogen-bond donors (Lipinski definition) is 2. The van der Waals surface area contributed by atoms with Crippen LogP contribution in [0.3, 0.4) is 0 Å². The smallest absolute Gasteiger partial charge is 0.241 e. The highest BCUT2D eigenvalue weighted by atomic mass is 79.9. The van der Waals surface area contributed by atoms with Crippen LogP contribution in [0.15, 0.2) is 46.9 Å². The van der Waals surface area contributed by atoms with Crippen LogP contribution >= 0.6 is 28.3 Å². The SMILES string of the molecule is Cc1ccc(C(N)C(=O)NC2CCc3c(Br)cccc32)cc1.Cl. The van der Waals surface area contributed by atoms with Gasteiger partial charge in [-0.2, -0.15) is 0 Å². The molecule has 0 fully saturated rings. The third-order valence-electron chi connectivity index (χ3n) is 4.25. The zero-order valence-corrected chi connectivity index (χ0v) is 15.3. The molecule has 3 rings (SSSR count). The van der Waals surface area contributed by atoms with E-state index in [1.54, 1.807) is 0 Å². The zero-order chi connectivity index (χ0) is 15.7. The Kier molecular flexibility index (Phi) is 5.84. The van der Waals surface area contributed by atoms with Gasteiger partial charge in [-0.25, -0.2) is 0 Å². The Hall–Kier alpha value is -1.36. The topological polar surface area (TPSA) is 55.1 Å².